The zero-order valence-corrected chi connectivity index (χ0v) is 13.7. The third-order valence-electron chi connectivity index (χ3n) is 3.98. The first kappa shape index (κ1) is 12.9. The smallest absolute Gasteiger partial charge is 0.146 e. The highest BCUT2D eigenvalue weighted by molar-refractivity contribution is 9.10. The lowest BCUT2D eigenvalue weighted by Crippen LogP contribution is -2.30. The summed E-state index contributed by atoms with van der Waals surface area (Å²) in [5.74, 6) is 0.897. The molecule has 106 valence electrons. The topological polar surface area (TPSA) is 26.5 Å². The van der Waals surface area contributed by atoms with Crippen molar-refractivity contribution in [3.8, 4) is 17.0 Å². The summed E-state index contributed by atoms with van der Waals surface area (Å²) in [6.07, 6.45) is 2.08. The van der Waals surface area contributed by atoms with Crippen LogP contribution in [0.4, 0.5) is 0 Å². The van der Waals surface area contributed by atoms with Gasteiger partial charge in [-0.3, -0.25) is 4.40 Å². The van der Waals surface area contributed by atoms with Gasteiger partial charge in [0, 0.05) is 16.2 Å². The molecule has 0 spiro atoms. The van der Waals surface area contributed by atoms with Gasteiger partial charge in [-0.05, 0) is 60.5 Å². The second kappa shape index (κ2) is 4.10. The van der Waals surface area contributed by atoms with E-state index in [1.807, 2.05) is 18.2 Å². The number of nitrogens with zero attached hydrogens (tertiary/aromatic N) is 2. The molecule has 1 aliphatic heterocycles. The number of aromatic nitrogens is 2. The van der Waals surface area contributed by atoms with Gasteiger partial charge < -0.3 is 4.74 Å². The number of benzene rings is 1. The lowest BCUT2D eigenvalue weighted by molar-refractivity contribution is 0.0996. The fraction of sp³-hybridized carbons (Fsp3) is 0.235. The summed E-state index contributed by atoms with van der Waals surface area (Å²) in [5, 5.41) is 0. The molecule has 0 amide bonds. The largest absolute Gasteiger partial charge is 0.481 e. The first-order valence-electron chi connectivity index (χ1n) is 6.94. The summed E-state index contributed by atoms with van der Waals surface area (Å²) in [6.45, 7) is 6.25. The summed E-state index contributed by atoms with van der Waals surface area (Å²) in [6, 6.07) is 10.2. The molecule has 0 radical (unpaired) electrons. The molecule has 3 heterocycles. The minimum absolute atomic E-state index is 0.419. The highest BCUT2D eigenvalue weighted by atomic mass is 79.9. The minimum atomic E-state index is -0.419. The number of aryl methyl sites for hydroxylation is 1. The summed E-state index contributed by atoms with van der Waals surface area (Å²) in [5.41, 5.74) is 4.88. The molecule has 0 N–H and O–H groups in total. The van der Waals surface area contributed by atoms with E-state index in [9.17, 15) is 0 Å². The van der Waals surface area contributed by atoms with Crippen LogP contribution in [0.3, 0.4) is 0 Å². The van der Waals surface area contributed by atoms with Gasteiger partial charge in [0.25, 0.3) is 0 Å². The first-order valence-corrected chi connectivity index (χ1v) is 7.74. The van der Waals surface area contributed by atoms with Crippen LogP contribution in [0.15, 0.2) is 41.0 Å². The Morgan fingerprint density at radius 2 is 2.00 bits per heavy atom. The van der Waals surface area contributed by atoms with Crippen LogP contribution in [0.2, 0.25) is 0 Å². The van der Waals surface area contributed by atoms with Crippen LogP contribution in [0.5, 0.6) is 5.75 Å². The van der Waals surface area contributed by atoms with Gasteiger partial charge in [-0.2, -0.15) is 0 Å². The molecule has 0 atom stereocenters. The molecule has 1 aliphatic rings. The molecule has 1 aromatic carbocycles. The molecular weight excluding hydrogens is 328 g/mol. The molecule has 4 rings (SSSR count). The quantitative estimate of drug-likeness (QED) is 0.591. The fourth-order valence-electron chi connectivity index (χ4n) is 3.00. The van der Waals surface area contributed by atoms with Crippen molar-refractivity contribution < 1.29 is 4.74 Å². The monoisotopic (exact) mass is 342 g/mol. The molecule has 0 aliphatic carbocycles. The Labute approximate surface area is 131 Å². The van der Waals surface area contributed by atoms with E-state index >= 15 is 0 Å². The Kier molecular flexibility index (Phi) is 2.52. The van der Waals surface area contributed by atoms with E-state index in [1.54, 1.807) is 0 Å². The molecular formula is C17H15BrN2O. The SMILES string of the molecule is Cc1cc2nc3c(n2cc1Br)C(C)(C)Oc1ccccc1-3. The Morgan fingerprint density at radius 1 is 1.24 bits per heavy atom. The van der Waals surface area contributed by atoms with Gasteiger partial charge in [0.15, 0.2) is 0 Å². The highest BCUT2D eigenvalue weighted by Crippen LogP contribution is 2.45. The van der Waals surface area contributed by atoms with E-state index < -0.39 is 5.60 Å². The number of hydrogen-bond donors (Lipinski definition) is 0. The van der Waals surface area contributed by atoms with E-state index in [2.05, 4.69) is 59.4 Å². The molecule has 21 heavy (non-hydrogen) atoms. The molecule has 0 unspecified atom stereocenters. The number of ether oxygens (including phenoxy) is 1. The number of imidazole rings is 1. The van der Waals surface area contributed by atoms with Crippen LogP contribution >= 0.6 is 15.9 Å². The Balaban J connectivity index is 2.15. The van der Waals surface area contributed by atoms with Crippen LogP contribution in [-0.2, 0) is 5.60 Å². The normalized spacial score (nSPS) is 15.4. The van der Waals surface area contributed by atoms with Crippen molar-refractivity contribution in [2.45, 2.75) is 26.4 Å². The van der Waals surface area contributed by atoms with Crippen molar-refractivity contribution in [1.29, 1.82) is 0 Å². The van der Waals surface area contributed by atoms with E-state index in [1.165, 1.54) is 5.56 Å². The molecule has 4 heteroatoms. The summed E-state index contributed by atoms with van der Waals surface area (Å²) >= 11 is 3.61. The van der Waals surface area contributed by atoms with Crippen molar-refractivity contribution in [3.63, 3.8) is 0 Å². The van der Waals surface area contributed by atoms with Gasteiger partial charge in [0.05, 0.1) is 5.69 Å². The number of fused-ring (bicyclic) bond motifs is 5. The molecule has 0 saturated heterocycles. The average molecular weight is 343 g/mol. The fourth-order valence-corrected chi connectivity index (χ4v) is 3.32. The van der Waals surface area contributed by atoms with E-state index in [-0.39, 0.29) is 0 Å². The molecule has 3 nitrogen and oxygen atoms in total. The maximum absolute atomic E-state index is 6.21. The zero-order valence-electron chi connectivity index (χ0n) is 12.1. The van der Waals surface area contributed by atoms with Gasteiger partial charge in [0.1, 0.15) is 22.7 Å². The van der Waals surface area contributed by atoms with Crippen molar-refractivity contribution in [2.24, 2.45) is 0 Å². The lowest BCUT2D eigenvalue weighted by Gasteiger charge is -2.32. The van der Waals surface area contributed by atoms with E-state index in [4.69, 9.17) is 9.72 Å². The predicted molar refractivity (Wildman–Crippen MR) is 86.7 cm³/mol. The molecule has 3 aromatic rings. The van der Waals surface area contributed by atoms with Crippen molar-refractivity contribution in [2.75, 3.05) is 0 Å². The average Bonchev–Trinajstić information content (AvgIpc) is 2.78. The first-order chi connectivity index (χ1) is 9.97. The Morgan fingerprint density at radius 3 is 2.81 bits per heavy atom. The van der Waals surface area contributed by atoms with Crippen LogP contribution < -0.4 is 4.74 Å². The standard InChI is InChI=1S/C17H15BrN2O/c1-10-8-14-19-15-11-6-4-5-7-13(11)21-17(2,3)16(15)20(14)9-12(10)18/h4-9H,1-3H3. The van der Waals surface area contributed by atoms with Crippen LogP contribution in [0.25, 0.3) is 16.9 Å². The minimum Gasteiger partial charge on any atom is -0.481 e. The molecule has 0 bridgehead atoms. The van der Waals surface area contributed by atoms with Crippen LogP contribution in [0.1, 0.15) is 25.1 Å². The third-order valence-corrected chi connectivity index (χ3v) is 4.81. The zero-order chi connectivity index (χ0) is 14.8. The van der Waals surface area contributed by atoms with Gasteiger partial charge in [-0.15, -0.1) is 0 Å². The maximum Gasteiger partial charge on any atom is 0.146 e. The summed E-state index contributed by atoms with van der Waals surface area (Å²) < 4.78 is 9.41. The summed E-state index contributed by atoms with van der Waals surface area (Å²) in [7, 11) is 0. The van der Waals surface area contributed by atoms with Crippen molar-refractivity contribution in [1.82, 2.24) is 9.38 Å². The number of para-hydroxylation sites is 1. The molecule has 0 fully saturated rings. The number of hydrogen-bond acceptors (Lipinski definition) is 2. The summed E-state index contributed by atoms with van der Waals surface area (Å²) in [4.78, 5) is 4.85. The number of halogens is 1. The predicted octanol–water partition coefficient (Wildman–Crippen LogP) is 4.70. The number of pyridine rings is 1. The van der Waals surface area contributed by atoms with Crippen molar-refractivity contribution in [3.05, 3.63) is 52.3 Å². The van der Waals surface area contributed by atoms with Gasteiger partial charge in [0.2, 0.25) is 0 Å². The van der Waals surface area contributed by atoms with E-state index in [0.717, 1.165) is 32.8 Å². The van der Waals surface area contributed by atoms with Crippen LogP contribution in [0, 0.1) is 6.92 Å². The second-order valence-corrected chi connectivity index (χ2v) is 6.80. The Hall–Kier alpha value is -1.81. The molecule has 0 saturated carbocycles. The van der Waals surface area contributed by atoms with Crippen molar-refractivity contribution >= 4 is 21.6 Å². The maximum atomic E-state index is 6.21. The second-order valence-electron chi connectivity index (χ2n) is 5.95. The highest BCUT2D eigenvalue weighted by Gasteiger charge is 2.36. The van der Waals surface area contributed by atoms with Gasteiger partial charge >= 0.3 is 0 Å². The Bertz CT molecular complexity index is 880. The molecule has 2 aromatic heterocycles. The third kappa shape index (κ3) is 1.75. The lowest BCUT2D eigenvalue weighted by atomic mass is 9.95. The van der Waals surface area contributed by atoms with Gasteiger partial charge in [-0.1, -0.05) is 12.1 Å². The van der Waals surface area contributed by atoms with E-state index in [0.29, 0.717) is 0 Å². The van der Waals surface area contributed by atoms with Crippen LogP contribution in [-0.4, -0.2) is 9.38 Å². The van der Waals surface area contributed by atoms with Gasteiger partial charge in [-0.25, -0.2) is 4.98 Å². The number of rotatable bonds is 0.